The van der Waals surface area contributed by atoms with Gasteiger partial charge in [0.15, 0.2) is 10.9 Å². The molecular formula is C12H12N2OS. The van der Waals surface area contributed by atoms with Gasteiger partial charge in [0.1, 0.15) is 0 Å². The second kappa shape index (κ2) is 4.99. The van der Waals surface area contributed by atoms with Crippen molar-refractivity contribution in [3.63, 3.8) is 0 Å². The molecule has 0 aliphatic carbocycles. The van der Waals surface area contributed by atoms with Gasteiger partial charge in [0.25, 0.3) is 0 Å². The third-order valence-corrected chi connectivity index (χ3v) is 3.09. The second-order valence-electron chi connectivity index (χ2n) is 3.47. The Morgan fingerprint density at radius 1 is 1.38 bits per heavy atom. The topological polar surface area (TPSA) is 45.8 Å². The van der Waals surface area contributed by atoms with Crippen LogP contribution in [0.15, 0.2) is 41.8 Å². The van der Waals surface area contributed by atoms with Crippen molar-refractivity contribution < 1.29 is 4.79 Å². The van der Waals surface area contributed by atoms with E-state index in [1.807, 2.05) is 31.2 Å². The molecule has 0 radical (unpaired) electrons. The van der Waals surface area contributed by atoms with Crippen LogP contribution in [0.25, 0.3) is 0 Å². The summed E-state index contributed by atoms with van der Waals surface area (Å²) in [6.07, 6.45) is 3.43. The number of aromatic amines is 1. The maximum absolute atomic E-state index is 11.8. The number of imidazole rings is 1. The van der Waals surface area contributed by atoms with Crippen molar-refractivity contribution in [2.45, 2.75) is 12.1 Å². The number of hydrogen-bond donors (Lipinski definition) is 1. The van der Waals surface area contributed by atoms with Gasteiger partial charge < -0.3 is 4.98 Å². The van der Waals surface area contributed by atoms with E-state index in [4.69, 9.17) is 0 Å². The zero-order valence-corrected chi connectivity index (χ0v) is 9.75. The Bertz CT molecular complexity index is 462. The normalized spacial score (nSPS) is 10.3. The van der Waals surface area contributed by atoms with Gasteiger partial charge in [-0.2, -0.15) is 0 Å². The Labute approximate surface area is 98.3 Å². The predicted molar refractivity (Wildman–Crippen MR) is 64.8 cm³/mol. The number of nitrogens with zero attached hydrogens (tertiary/aromatic N) is 1. The van der Waals surface area contributed by atoms with Gasteiger partial charge in [-0.3, -0.25) is 4.79 Å². The van der Waals surface area contributed by atoms with Gasteiger partial charge in [0, 0.05) is 18.0 Å². The first kappa shape index (κ1) is 11.0. The molecule has 4 heteroatoms. The van der Waals surface area contributed by atoms with Crippen molar-refractivity contribution in [2.24, 2.45) is 0 Å². The van der Waals surface area contributed by atoms with Gasteiger partial charge in [0.2, 0.25) is 0 Å². The van der Waals surface area contributed by atoms with Crippen molar-refractivity contribution in [1.82, 2.24) is 9.97 Å². The third-order valence-electron chi connectivity index (χ3n) is 2.19. The lowest BCUT2D eigenvalue weighted by Gasteiger charge is -2.00. The highest BCUT2D eigenvalue weighted by molar-refractivity contribution is 7.99. The lowest BCUT2D eigenvalue weighted by atomic mass is 10.1. The van der Waals surface area contributed by atoms with Crippen LogP contribution in [-0.4, -0.2) is 21.5 Å². The second-order valence-corrected chi connectivity index (χ2v) is 4.44. The number of thioether (sulfide) groups is 1. The summed E-state index contributed by atoms with van der Waals surface area (Å²) in [5.41, 5.74) is 1.92. The number of rotatable bonds is 4. The Morgan fingerprint density at radius 3 is 2.75 bits per heavy atom. The lowest BCUT2D eigenvalue weighted by Crippen LogP contribution is -2.02. The molecule has 2 rings (SSSR count). The Balaban J connectivity index is 1.95. The lowest BCUT2D eigenvalue weighted by molar-refractivity contribution is 0.102. The molecule has 0 aliphatic rings. The van der Waals surface area contributed by atoms with E-state index >= 15 is 0 Å². The molecule has 0 saturated heterocycles. The first-order chi connectivity index (χ1) is 7.75. The highest BCUT2D eigenvalue weighted by Gasteiger charge is 2.06. The Kier molecular flexibility index (Phi) is 3.41. The van der Waals surface area contributed by atoms with Crippen molar-refractivity contribution in [2.75, 3.05) is 5.75 Å². The number of aryl methyl sites for hydroxylation is 1. The Hall–Kier alpha value is -1.55. The quantitative estimate of drug-likeness (QED) is 0.651. The molecule has 3 nitrogen and oxygen atoms in total. The van der Waals surface area contributed by atoms with Crippen LogP contribution in [0.5, 0.6) is 0 Å². The first-order valence-electron chi connectivity index (χ1n) is 4.98. The van der Waals surface area contributed by atoms with Gasteiger partial charge >= 0.3 is 0 Å². The number of carbonyl (C=O) groups excluding carboxylic acids is 1. The minimum atomic E-state index is 0.126. The largest absolute Gasteiger partial charge is 0.340 e. The van der Waals surface area contributed by atoms with Crippen LogP contribution in [0.2, 0.25) is 0 Å². The average molecular weight is 232 g/mol. The summed E-state index contributed by atoms with van der Waals surface area (Å²) in [6.45, 7) is 2.01. The smallest absolute Gasteiger partial charge is 0.173 e. The van der Waals surface area contributed by atoms with Crippen molar-refractivity contribution in [3.05, 3.63) is 47.8 Å². The van der Waals surface area contributed by atoms with Crippen LogP contribution in [0.1, 0.15) is 15.9 Å². The number of Topliss-reactive ketones (excluding diaryl/α,β-unsaturated/α-hetero) is 1. The number of ketones is 1. The molecule has 1 N–H and O–H groups in total. The van der Waals surface area contributed by atoms with Gasteiger partial charge in [-0.05, 0) is 6.92 Å². The average Bonchev–Trinajstić information content (AvgIpc) is 2.80. The summed E-state index contributed by atoms with van der Waals surface area (Å²) in [5.74, 6) is 0.540. The number of aromatic nitrogens is 2. The van der Waals surface area contributed by atoms with Crippen molar-refractivity contribution in [1.29, 1.82) is 0 Å². The van der Waals surface area contributed by atoms with E-state index < -0.39 is 0 Å². The predicted octanol–water partition coefficient (Wildman–Crippen LogP) is 2.69. The molecule has 0 saturated carbocycles. The van der Waals surface area contributed by atoms with Crippen molar-refractivity contribution in [3.8, 4) is 0 Å². The zero-order chi connectivity index (χ0) is 11.4. The van der Waals surface area contributed by atoms with Crippen LogP contribution in [-0.2, 0) is 0 Å². The summed E-state index contributed by atoms with van der Waals surface area (Å²) in [6, 6.07) is 7.62. The Morgan fingerprint density at radius 2 is 2.12 bits per heavy atom. The minimum absolute atomic E-state index is 0.126. The molecule has 1 heterocycles. The molecule has 0 spiro atoms. The first-order valence-corrected chi connectivity index (χ1v) is 5.96. The summed E-state index contributed by atoms with van der Waals surface area (Å²) in [7, 11) is 0. The monoisotopic (exact) mass is 232 g/mol. The maximum atomic E-state index is 11.8. The number of benzene rings is 1. The minimum Gasteiger partial charge on any atom is -0.340 e. The molecule has 82 valence electrons. The molecule has 0 fully saturated rings. The van der Waals surface area contributed by atoms with Crippen LogP contribution in [0.4, 0.5) is 0 Å². The molecule has 2 aromatic rings. The third kappa shape index (κ3) is 2.73. The molecular weight excluding hydrogens is 220 g/mol. The number of carbonyl (C=O) groups is 1. The highest BCUT2D eigenvalue weighted by Crippen LogP contribution is 2.14. The summed E-state index contributed by atoms with van der Waals surface area (Å²) in [4.78, 5) is 18.8. The van der Waals surface area contributed by atoms with Crippen LogP contribution in [0, 0.1) is 6.92 Å². The van der Waals surface area contributed by atoms with E-state index in [0.717, 1.165) is 16.3 Å². The van der Waals surface area contributed by atoms with E-state index in [0.29, 0.717) is 5.75 Å². The number of nitrogens with one attached hydrogen (secondary N) is 1. The number of H-pyrrole nitrogens is 1. The van der Waals surface area contributed by atoms with Crippen LogP contribution in [0.3, 0.4) is 0 Å². The SMILES string of the molecule is Cc1ccc(C(=O)CSc2ncc[nH]2)cc1. The molecule has 0 amide bonds. The molecule has 0 atom stereocenters. The fourth-order valence-electron chi connectivity index (χ4n) is 1.29. The van der Waals surface area contributed by atoms with Gasteiger partial charge in [0.05, 0.1) is 5.75 Å². The molecule has 16 heavy (non-hydrogen) atoms. The van der Waals surface area contributed by atoms with Gasteiger partial charge in [-0.25, -0.2) is 4.98 Å². The molecule has 0 bridgehead atoms. The maximum Gasteiger partial charge on any atom is 0.173 e. The van der Waals surface area contributed by atoms with Crippen molar-refractivity contribution >= 4 is 17.5 Å². The van der Waals surface area contributed by atoms with E-state index in [1.54, 1.807) is 12.4 Å². The highest BCUT2D eigenvalue weighted by atomic mass is 32.2. The van der Waals surface area contributed by atoms with E-state index in [1.165, 1.54) is 11.8 Å². The van der Waals surface area contributed by atoms with Crippen LogP contribution >= 0.6 is 11.8 Å². The summed E-state index contributed by atoms with van der Waals surface area (Å²) >= 11 is 1.42. The fourth-order valence-corrected chi connectivity index (χ4v) is 2.01. The fraction of sp³-hybridized carbons (Fsp3) is 0.167. The standard InChI is InChI=1S/C12H12N2OS/c1-9-2-4-10(5-3-9)11(15)8-16-12-13-6-7-14-12/h2-7H,8H2,1H3,(H,13,14). The molecule has 0 unspecified atom stereocenters. The van der Waals surface area contributed by atoms with Gasteiger partial charge in [-0.15, -0.1) is 0 Å². The van der Waals surface area contributed by atoms with E-state index in [2.05, 4.69) is 9.97 Å². The van der Waals surface area contributed by atoms with E-state index in [9.17, 15) is 4.79 Å². The number of hydrogen-bond acceptors (Lipinski definition) is 3. The molecule has 1 aromatic carbocycles. The zero-order valence-electron chi connectivity index (χ0n) is 8.93. The molecule has 1 aromatic heterocycles. The molecule has 0 aliphatic heterocycles. The van der Waals surface area contributed by atoms with Gasteiger partial charge in [-0.1, -0.05) is 41.6 Å². The summed E-state index contributed by atoms with van der Waals surface area (Å²) in [5, 5.41) is 0.778. The van der Waals surface area contributed by atoms with E-state index in [-0.39, 0.29) is 5.78 Å². The van der Waals surface area contributed by atoms with Crippen LogP contribution < -0.4 is 0 Å². The summed E-state index contributed by atoms with van der Waals surface area (Å²) < 4.78 is 0.